The van der Waals surface area contributed by atoms with E-state index in [2.05, 4.69) is 19.6 Å². The topological polar surface area (TPSA) is 65.1 Å². The van der Waals surface area contributed by atoms with Crippen molar-refractivity contribution in [3.63, 3.8) is 0 Å². The van der Waals surface area contributed by atoms with Gasteiger partial charge in [0.25, 0.3) is 0 Å². The van der Waals surface area contributed by atoms with E-state index in [9.17, 15) is 9.59 Å². The van der Waals surface area contributed by atoms with E-state index in [4.69, 9.17) is 13.9 Å². The standard InChI is InChI=1S/C31H43NO5Si/c1-5-28(30(33)32-26(22-36-31(32)34)19-23-13-8-6-9-14-23)29(37-38(2,3)4)25-17-12-18-27(20-25)35-21-24-15-10-7-11-16-24/h6,8-9,12-14,17-18,20,24,26,28-29H,5,7,10-11,15-16,19,21-22H2,1-4H3/t26-,28+,29?/m1/s1. The first-order chi connectivity index (χ1) is 18.2. The lowest BCUT2D eigenvalue weighted by atomic mass is 9.90. The Morgan fingerprint density at radius 3 is 2.47 bits per heavy atom. The third-order valence-corrected chi connectivity index (χ3v) is 8.47. The van der Waals surface area contributed by atoms with E-state index in [0.29, 0.717) is 18.8 Å². The van der Waals surface area contributed by atoms with Gasteiger partial charge in [0.2, 0.25) is 5.91 Å². The van der Waals surface area contributed by atoms with Crippen molar-refractivity contribution in [1.82, 2.24) is 4.90 Å². The number of cyclic esters (lactones) is 1. The molecule has 1 aliphatic heterocycles. The summed E-state index contributed by atoms with van der Waals surface area (Å²) in [5.41, 5.74) is 1.99. The molecule has 6 nitrogen and oxygen atoms in total. The van der Waals surface area contributed by atoms with Crippen molar-refractivity contribution in [1.29, 1.82) is 0 Å². The van der Waals surface area contributed by atoms with Crippen LogP contribution in [-0.2, 0) is 20.4 Å². The Balaban J connectivity index is 1.56. The first-order valence-electron chi connectivity index (χ1n) is 14.2. The van der Waals surface area contributed by atoms with Crippen LogP contribution < -0.4 is 4.74 Å². The fourth-order valence-corrected chi connectivity index (χ4v) is 6.64. The van der Waals surface area contributed by atoms with Crippen LogP contribution in [0.15, 0.2) is 54.6 Å². The van der Waals surface area contributed by atoms with Crippen LogP contribution in [0.3, 0.4) is 0 Å². The molecule has 1 aliphatic carbocycles. The molecule has 0 bridgehead atoms. The van der Waals surface area contributed by atoms with Gasteiger partial charge < -0.3 is 13.9 Å². The highest BCUT2D eigenvalue weighted by atomic mass is 28.4. The molecule has 2 aromatic rings. The van der Waals surface area contributed by atoms with Gasteiger partial charge in [0.05, 0.1) is 24.7 Å². The molecule has 0 spiro atoms. The van der Waals surface area contributed by atoms with Crippen molar-refractivity contribution in [2.24, 2.45) is 11.8 Å². The zero-order valence-corrected chi connectivity index (χ0v) is 24.4. The van der Waals surface area contributed by atoms with Gasteiger partial charge in [-0.2, -0.15) is 0 Å². The van der Waals surface area contributed by atoms with Gasteiger partial charge in [0.1, 0.15) is 12.4 Å². The Bertz CT molecular complexity index is 1060. The minimum Gasteiger partial charge on any atom is -0.493 e. The zero-order valence-electron chi connectivity index (χ0n) is 23.4. The number of rotatable bonds is 11. The highest BCUT2D eigenvalue weighted by Crippen LogP contribution is 2.36. The van der Waals surface area contributed by atoms with Crippen molar-refractivity contribution in [2.75, 3.05) is 13.2 Å². The summed E-state index contributed by atoms with van der Waals surface area (Å²) in [5.74, 6) is 0.670. The van der Waals surface area contributed by atoms with Gasteiger partial charge in [-0.3, -0.25) is 4.79 Å². The second-order valence-corrected chi connectivity index (χ2v) is 16.1. The maximum Gasteiger partial charge on any atom is 0.416 e. The molecule has 206 valence electrons. The maximum absolute atomic E-state index is 14.0. The van der Waals surface area contributed by atoms with Crippen LogP contribution in [-0.4, -0.2) is 44.5 Å². The predicted molar refractivity (Wildman–Crippen MR) is 152 cm³/mol. The number of carbonyl (C=O) groups excluding carboxylic acids is 2. The van der Waals surface area contributed by atoms with Gasteiger partial charge in [0, 0.05) is 0 Å². The second kappa shape index (κ2) is 12.9. The maximum atomic E-state index is 14.0. The molecule has 0 N–H and O–H groups in total. The summed E-state index contributed by atoms with van der Waals surface area (Å²) in [7, 11) is -2.05. The fraction of sp³-hybridized carbons (Fsp3) is 0.548. The van der Waals surface area contributed by atoms with Crippen molar-refractivity contribution >= 4 is 20.3 Å². The number of benzene rings is 2. The molecule has 1 saturated carbocycles. The van der Waals surface area contributed by atoms with Gasteiger partial charge in [-0.05, 0) is 74.5 Å². The minimum absolute atomic E-state index is 0.208. The van der Waals surface area contributed by atoms with Crippen LogP contribution in [0.1, 0.15) is 62.7 Å². The summed E-state index contributed by atoms with van der Waals surface area (Å²) in [6, 6.07) is 17.6. The Labute approximate surface area is 228 Å². The van der Waals surface area contributed by atoms with E-state index in [0.717, 1.165) is 23.5 Å². The monoisotopic (exact) mass is 537 g/mol. The Kier molecular flexibility index (Phi) is 9.66. The van der Waals surface area contributed by atoms with E-state index in [1.165, 1.54) is 37.0 Å². The first kappa shape index (κ1) is 28.4. The Morgan fingerprint density at radius 1 is 1.05 bits per heavy atom. The number of ether oxygens (including phenoxy) is 2. The van der Waals surface area contributed by atoms with Crippen LogP contribution in [0.5, 0.6) is 5.75 Å². The Hall–Kier alpha value is -2.64. The lowest BCUT2D eigenvalue weighted by Gasteiger charge is -2.34. The molecule has 0 radical (unpaired) electrons. The highest BCUT2D eigenvalue weighted by molar-refractivity contribution is 6.69. The van der Waals surface area contributed by atoms with Crippen LogP contribution in [0.4, 0.5) is 4.79 Å². The molecule has 1 unspecified atom stereocenters. The molecule has 0 aromatic heterocycles. The summed E-state index contributed by atoms with van der Waals surface area (Å²) in [5, 5.41) is 0. The summed E-state index contributed by atoms with van der Waals surface area (Å²) < 4.78 is 18.3. The molecule has 4 rings (SSSR count). The molecule has 38 heavy (non-hydrogen) atoms. The van der Waals surface area contributed by atoms with Gasteiger partial charge in [-0.25, -0.2) is 9.69 Å². The molecular weight excluding hydrogens is 494 g/mol. The smallest absolute Gasteiger partial charge is 0.416 e. The average molecular weight is 538 g/mol. The predicted octanol–water partition coefficient (Wildman–Crippen LogP) is 7.15. The molecule has 3 atom stereocenters. The highest BCUT2D eigenvalue weighted by Gasteiger charge is 2.44. The van der Waals surface area contributed by atoms with Crippen molar-refractivity contribution in [3.05, 3.63) is 65.7 Å². The SMILES string of the molecule is CC[C@H](C(=O)N1C(=O)OC[C@H]1Cc1ccccc1)C(O[Si](C)(C)C)c1cccc(OCC2CCCCC2)c1. The summed E-state index contributed by atoms with van der Waals surface area (Å²) in [6.07, 6.45) is 6.42. The van der Waals surface area contributed by atoms with E-state index >= 15 is 0 Å². The number of hydrogen-bond acceptors (Lipinski definition) is 5. The van der Waals surface area contributed by atoms with Gasteiger partial charge in [-0.15, -0.1) is 0 Å². The number of imide groups is 1. The lowest BCUT2D eigenvalue weighted by Crippen LogP contribution is -2.46. The molecule has 7 heteroatoms. The van der Waals surface area contributed by atoms with Crippen molar-refractivity contribution in [2.45, 2.75) is 83.7 Å². The quantitative estimate of drug-likeness (QED) is 0.285. The molecule has 1 heterocycles. The van der Waals surface area contributed by atoms with Crippen LogP contribution in [0.25, 0.3) is 0 Å². The van der Waals surface area contributed by atoms with Crippen molar-refractivity contribution < 1.29 is 23.5 Å². The second-order valence-electron chi connectivity index (χ2n) is 11.7. The van der Waals surface area contributed by atoms with Crippen LogP contribution >= 0.6 is 0 Å². The van der Waals surface area contributed by atoms with Crippen molar-refractivity contribution in [3.8, 4) is 5.75 Å². The zero-order chi connectivity index (χ0) is 27.1. The molecule has 1 saturated heterocycles. The van der Waals surface area contributed by atoms with E-state index in [1.807, 2.05) is 61.5 Å². The summed E-state index contributed by atoms with van der Waals surface area (Å²) in [4.78, 5) is 28.2. The van der Waals surface area contributed by atoms with E-state index < -0.39 is 26.4 Å². The number of carbonyl (C=O) groups is 2. The van der Waals surface area contributed by atoms with E-state index in [1.54, 1.807) is 0 Å². The number of amides is 2. The summed E-state index contributed by atoms with van der Waals surface area (Å²) in [6.45, 7) is 9.30. The van der Waals surface area contributed by atoms with Crippen LogP contribution in [0.2, 0.25) is 19.6 Å². The Morgan fingerprint density at radius 2 is 1.79 bits per heavy atom. The molecule has 2 fully saturated rings. The normalized spacial score (nSPS) is 20.2. The number of nitrogens with zero attached hydrogens (tertiary/aromatic N) is 1. The van der Waals surface area contributed by atoms with Gasteiger partial charge in [0.15, 0.2) is 8.32 Å². The van der Waals surface area contributed by atoms with Gasteiger partial charge >= 0.3 is 6.09 Å². The van der Waals surface area contributed by atoms with Gasteiger partial charge in [-0.1, -0.05) is 68.7 Å². The third kappa shape index (κ3) is 7.47. The first-order valence-corrected chi connectivity index (χ1v) is 17.6. The fourth-order valence-electron chi connectivity index (χ4n) is 5.58. The third-order valence-electron chi connectivity index (χ3n) is 7.51. The lowest BCUT2D eigenvalue weighted by molar-refractivity contribution is -0.137. The van der Waals surface area contributed by atoms with E-state index in [-0.39, 0.29) is 18.6 Å². The van der Waals surface area contributed by atoms with Crippen LogP contribution in [0, 0.1) is 11.8 Å². The summed E-state index contributed by atoms with van der Waals surface area (Å²) >= 11 is 0. The minimum atomic E-state index is -2.05. The molecule has 2 aromatic carbocycles. The largest absolute Gasteiger partial charge is 0.493 e. The number of hydrogen-bond donors (Lipinski definition) is 0. The molecule has 2 amide bonds. The molecule has 2 aliphatic rings. The average Bonchev–Trinajstić information content (AvgIpc) is 3.27. The molecular formula is C31H43NO5Si.